The molecule has 5 nitrogen and oxygen atoms in total. The number of amides is 1. The monoisotopic (exact) mass is 385 g/mol. The van der Waals surface area contributed by atoms with Crippen molar-refractivity contribution in [1.29, 1.82) is 0 Å². The highest BCUT2D eigenvalue weighted by Crippen LogP contribution is 2.32. The molecule has 1 saturated carbocycles. The molecule has 2 N–H and O–H groups in total. The number of carbonyl (C=O) groups is 1. The summed E-state index contributed by atoms with van der Waals surface area (Å²) >= 11 is 1.40. The highest BCUT2D eigenvalue weighted by molar-refractivity contribution is 7.16. The van der Waals surface area contributed by atoms with Gasteiger partial charge in [0.25, 0.3) is 0 Å². The number of rotatable bonds is 5. The molecule has 1 aromatic heterocycles. The second-order valence-electron chi connectivity index (χ2n) is 7.61. The van der Waals surface area contributed by atoms with Gasteiger partial charge in [-0.25, -0.2) is 0 Å². The fourth-order valence-corrected chi connectivity index (χ4v) is 5.04. The Morgan fingerprint density at radius 2 is 2.04 bits per heavy atom. The number of aromatic nitrogens is 1. The Morgan fingerprint density at radius 1 is 1.22 bits per heavy atom. The summed E-state index contributed by atoms with van der Waals surface area (Å²) in [6, 6.07) is 8.09. The number of aromatic hydroxyl groups is 1. The van der Waals surface area contributed by atoms with Gasteiger partial charge in [-0.15, -0.1) is 0 Å². The smallest absolute Gasteiger partial charge is 0.232 e. The Balaban J connectivity index is 1.39. The third kappa shape index (κ3) is 4.26. The number of anilines is 2. The predicted molar refractivity (Wildman–Crippen MR) is 110 cm³/mol. The van der Waals surface area contributed by atoms with E-state index in [1.807, 2.05) is 23.1 Å². The molecule has 2 aliphatic rings. The van der Waals surface area contributed by atoms with Crippen molar-refractivity contribution in [3.05, 3.63) is 34.7 Å². The van der Waals surface area contributed by atoms with E-state index in [2.05, 4.69) is 16.4 Å². The van der Waals surface area contributed by atoms with Crippen LogP contribution in [0.2, 0.25) is 0 Å². The van der Waals surface area contributed by atoms with Gasteiger partial charge in [-0.3, -0.25) is 4.79 Å². The van der Waals surface area contributed by atoms with Crippen LogP contribution in [0.25, 0.3) is 0 Å². The summed E-state index contributed by atoms with van der Waals surface area (Å²) in [6.07, 6.45) is 8.70. The van der Waals surface area contributed by atoms with E-state index in [0.717, 1.165) is 36.8 Å². The highest BCUT2D eigenvalue weighted by Gasteiger charge is 2.24. The molecule has 1 fully saturated rings. The van der Waals surface area contributed by atoms with Crippen LogP contribution in [-0.2, 0) is 17.6 Å². The lowest BCUT2D eigenvalue weighted by atomic mass is 9.89. The van der Waals surface area contributed by atoms with Crippen LogP contribution in [0.1, 0.15) is 49.0 Å². The molecule has 1 aliphatic carbocycles. The summed E-state index contributed by atoms with van der Waals surface area (Å²) in [7, 11) is 0. The number of aryl methyl sites for hydroxylation is 1. The minimum Gasteiger partial charge on any atom is -0.492 e. The summed E-state index contributed by atoms with van der Waals surface area (Å²) in [6.45, 7) is 1.64. The largest absolute Gasteiger partial charge is 0.492 e. The van der Waals surface area contributed by atoms with Crippen molar-refractivity contribution in [2.45, 2.75) is 51.4 Å². The maximum absolute atomic E-state index is 12.9. The quantitative estimate of drug-likeness (QED) is 0.802. The molecule has 0 saturated heterocycles. The Labute approximate surface area is 164 Å². The highest BCUT2D eigenvalue weighted by atomic mass is 32.1. The Morgan fingerprint density at radius 3 is 2.89 bits per heavy atom. The van der Waals surface area contributed by atoms with Crippen LogP contribution >= 0.6 is 11.3 Å². The number of hydrogen-bond donors (Lipinski definition) is 2. The number of benzene rings is 1. The summed E-state index contributed by atoms with van der Waals surface area (Å²) < 4.78 is 0. The van der Waals surface area contributed by atoms with Gasteiger partial charge in [0.2, 0.25) is 11.8 Å². The van der Waals surface area contributed by atoms with Crippen molar-refractivity contribution in [1.82, 2.24) is 4.98 Å². The lowest BCUT2D eigenvalue weighted by Crippen LogP contribution is -2.36. The minimum absolute atomic E-state index is 0.00945. The van der Waals surface area contributed by atoms with E-state index in [9.17, 15) is 9.90 Å². The SMILES string of the molecule is O=C(Cc1sc(NCC2CCCCC2)nc1O)N1CCCc2ccccc21. The second kappa shape index (κ2) is 8.30. The first-order chi connectivity index (χ1) is 13.2. The van der Waals surface area contributed by atoms with Gasteiger partial charge in [0.15, 0.2) is 5.13 Å². The van der Waals surface area contributed by atoms with Gasteiger partial charge in [-0.05, 0) is 43.2 Å². The lowest BCUT2D eigenvalue weighted by molar-refractivity contribution is -0.118. The molecule has 1 aromatic carbocycles. The molecule has 1 aliphatic heterocycles. The molecule has 0 atom stereocenters. The first-order valence-electron chi connectivity index (χ1n) is 10.0. The number of nitrogens with one attached hydrogen (secondary N) is 1. The van der Waals surface area contributed by atoms with Gasteiger partial charge in [-0.1, -0.05) is 48.8 Å². The van der Waals surface area contributed by atoms with Crippen LogP contribution in [0.15, 0.2) is 24.3 Å². The number of carbonyl (C=O) groups excluding carboxylic acids is 1. The molecule has 2 heterocycles. The third-order valence-electron chi connectivity index (χ3n) is 5.67. The van der Waals surface area contributed by atoms with E-state index in [1.54, 1.807) is 0 Å². The molecule has 144 valence electrons. The molecule has 0 unspecified atom stereocenters. The molecule has 6 heteroatoms. The van der Waals surface area contributed by atoms with E-state index in [1.165, 1.54) is 49.0 Å². The topological polar surface area (TPSA) is 65.5 Å². The minimum atomic E-state index is -0.00945. The summed E-state index contributed by atoms with van der Waals surface area (Å²) in [5, 5.41) is 14.3. The van der Waals surface area contributed by atoms with Gasteiger partial charge < -0.3 is 15.3 Å². The van der Waals surface area contributed by atoms with Gasteiger partial charge in [-0.2, -0.15) is 4.98 Å². The molecular formula is C21H27N3O2S. The molecule has 0 radical (unpaired) electrons. The number of nitrogens with zero attached hydrogens (tertiary/aromatic N) is 2. The average molecular weight is 386 g/mol. The molecule has 1 amide bonds. The van der Waals surface area contributed by atoms with E-state index in [-0.39, 0.29) is 18.2 Å². The van der Waals surface area contributed by atoms with Crippen molar-refractivity contribution in [2.75, 3.05) is 23.3 Å². The second-order valence-corrected chi connectivity index (χ2v) is 8.69. The average Bonchev–Trinajstić information content (AvgIpc) is 3.06. The predicted octanol–water partition coefficient (Wildman–Crippen LogP) is 4.36. The van der Waals surface area contributed by atoms with Gasteiger partial charge >= 0.3 is 0 Å². The lowest BCUT2D eigenvalue weighted by Gasteiger charge is -2.29. The summed E-state index contributed by atoms with van der Waals surface area (Å²) in [5.41, 5.74) is 2.23. The van der Waals surface area contributed by atoms with Crippen LogP contribution in [0.3, 0.4) is 0 Å². The van der Waals surface area contributed by atoms with Crippen molar-refractivity contribution in [3.63, 3.8) is 0 Å². The van der Waals surface area contributed by atoms with E-state index in [4.69, 9.17) is 0 Å². The standard InChI is InChI=1S/C21H27N3O2S/c25-19(24-12-6-10-16-9-4-5-11-17(16)24)13-18-20(26)23-21(27-18)22-14-15-7-2-1-3-8-15/h4-5,9,11,15,26H,1-3,6-8,10,12-14H2,(H,22,23). The van der Waals surface area contributed by atoms with Gasteiger partial charge in [0.1, 0.15) is 0 Å². The van der Waals surface area contributed by atoms with Crippen molar-refractivity contribution >= 4 is 28.1 Å². The first-order valence-corrected chi connectivity index (χ1v) is 10.8. The Kier molecular flexibility index (Phi) is 5.62. The van der Waals surface area contributed by atoms with E-state index >= 15 is 0 Å². The van der Waals surface area contributed by atoms with Crippen LogP contribution in [0.5, 0.6) is 5.88 Å². The van der Waals surface area contributed by atoms with Gasteiger partial charge in [0.05, 0.1) is 11.3 Å². The number of thiazole rings is 1. The third-order valence-corrected chi connectivity index (χ3v) is 6.67. The molecule has 4 rings (SSSR count). The van der Waals surface area contributed by atoms with Crippen LogP contribution in [0, 0.1) is 5.92 Å². The van der Waals surface area contributed by atoms with Crippen LogP contribution in [-0.4, -0.2) is 29.1 Å². The van der Waals surface area contributed by atoms with E-state index < -0.39 is 0 Å². The Bertz CT molecular complexity index is 798. The Hall–Kier alpha value is -2.08. The zero-order chi connectivity index (χ0) is 18.6. The normalized spacial score (nSPS) is 17.6. The molecule has 0 spiro atoms. The zero-order valence-corrected chi connectivity index (χ0v) is 16.4. The fraction of sp³-hybridized carbons (Fsp3) is 0.524. The van der Waals surface area contributed by atoms with Crippen molar-refractivity contribution < 1.29 is 9.90 Å². The molecule has 0 bridgehead atoms. The molecule has 2 aromatic rings. The maximum Gasteiger partial charge on any atom is 0.232 e. The number of para-hydroxylation sites is 1. The van der Waals surface area contributed by atoms with Crippen molar-refractivity contribution in [2.24, 2.45) is 5.92 Å². The first kappa shape index (κ1) is 18.3. The van der Waals surface area contributed by atoms with E-state index in [0.29, 0.717) is 10.8 Å². The summed E-state index contributed by atoms with van der Waals surface area (Å²) in [4.78, 5) is 19.6. The van der Waals surface area contributed by atoms with Gasteiger partial charge in [0, 0.05) is 18.8 Å². The zero-order valence-electron chi connectivity index (χ0n) is 15.6. The summed E-state index contributed by atoms with van der Waals surface area (Å²) in [5.74, 6) is 0.712. The van der Waals surface area contributed by atoms with Crippen LogP contribution < -0.4 is 10.2 Å². The molecular weight excluding hydrogens is 358 g/mol. The van der Waals surface area contributed by atoms with Crippen molar-refractivity contribution in [3.8, 4) is 5.88 Å². The maximum atomic E-state index is 12.9. The van der Waals surface area contributed by atoms with Crippen LogP contribution in [0.4, 0.5) is 10.8 Å². The number of hydrogen-bond acceptors (Lipinski definition) is 5. The molecule has 27 heavy (non-hydrogen) atoms. The fourth-order valence-electron chi connectivity index (χ4n) is 4.18. The number of fused-ring (bicyclic) bond motifs is 1.